The maximum absolute atomic E-state index is 13.8. The molecule has 3 nitrogen and oxygen atoms in total. The number of piperidine rings is 1. The molecule has 1 saturated heterocycles. The molecule has 1 aromatic rings. The molecule has 2 fully saturated rings. The first-order valence-electron chi connectivity index (χ1n) is 7.44. The Morgan fingerprint density at radius 3 is 2.80 bits per heavy atom. The van der Waals surface area contributed by atoms with E-state index in [1.165, 1.54) is 25.3 Å². The van der Waals surface area contributed by atoms with Crippen molar-refractivity contribution in [1.82, 2.24) is 4.90 Å². The van der Waals surface area contributed by atoms with Gasteiger partial charge < -0.3 is 10.6 Å². The summed E-state index contributed by atoms with van der Waals surface area (Å²) >= 11 is 0. The maximum atomic E-state index is 13.8. The normalized spacial score (nSPS) is 25.6. The third-order valence-corrected chi connectivity index (χ3v) is 4.89. The van der Waals surface area contributed by atoms with E-state index in [4.69, 9.17) is 5.73 Å². The van der Waals surface area contributed by atoms with Gasteiger partial charge in [-0.1, -0.05) is 6.42 Å². The molecular formula is C16H21FN2O. The highest BCUT2D eigenvalue weighted by Crippen LogP contribution is 2.37. The van der Waals surface area contributed by atoms with Gasteiger partial charge in [0.2, 0.25) is 0 Å². The molecule has 2 atom stereocenters. The van der Waals surface area contributed by atoms with Crippen LogP contribution in [0, 0.1) is 18.7 Å². The number of halogens is 1. The Bertz CT molecular complexity index is 520. The van der Waals surface area contributed by atoms with Crippen LogP contribution in [0.5, 0.6) is 0 Å². The Hall–Kier alpha value is -1.58. The molecule has 0 radical (unpaired) electrons. The van der Waals surface area contributed by atoms with E-state index >= 15 is 0 Å². The van der Waals surface area contributed by atoms with E-state index in [1.54, 1.807) is 13.0 Å². The maximum Gasteiger partial charge on any atom is 0.254 e. The lowest BCUT2D eigenvalue weighted by Crippen LogP contribution is -2.46. The quantitative estimate of drug-likeness (QED) is 0.801. The van der Waals surface area contributed by atoms with Crippen LogP contribution in [0.1, 0.15) is 48.0 Å². The summed E-state index contributed by atoms with van der Waals surface area (Å²) in [5, 5.41) is 0. The first-order valence-corrected chi connectivity index (χ1v) is 7.44. The third kappa shape index (κ3) is 2.17. The number of hydrogen-bond acceptors (Lipinski definition) is 2. The van der Waals surface area contributed by atoms with Crippen molar-refractivity contribution in [3.05, 3.63) is 29.1 Å². The van der Waals surface area contributed by atoms with Crippen LogP contribution in [0.2, 0.25) is 0 Å². The van der Waals surface area contributed by atoms with Crippen molar-refractivity contribution in [1.29, 1.82) is 0 Å². The summed E-state index contributed by atoms with van der Waals surface area (Å²) in [6.45, 7) is 2.42. The predicted octanol–water partition coefficient (Wildman–Crippen LogP) is 3.12. The summed E-state index contributed by atoms with van der Waals surface area (Å²) in [4.78, 5) is 14.6. The number of nitrogens with two attached hydrogens (primary N) is 1. The summed E-state index contributed by atoms with van der Waals surface area (Å²) in [5.74, 6) is 0.181. The molecule has 1 saturated carbocycles. The Labute approximate surface area is 118 Å². The summed E-state index contributed by atoms with van der Waals surface area (Å²) < 4.78 is 13.8. The van der Waals surface area contributed by atoms with Gasteiger partial charge in [-0.05, 0) is 50.7 Å². The lowest BCUT2D eigenvalue weighted by atomic mass is 9.91. The van der Waals surface area contributed by atoms with E-state index in [9.17, 15) is 9.18 Å². The first kappa shape index (κ1) is 13.4. The highest BCUT2D eigenvalue weighted by molar-refractivity contribution is 5.95. The molecule has 1 aromatic carbocycles. The number of nitrogens with zero attached hydrogens (tertiary/aromatic N) is 1. The zero-order valence-corrected chi connectivity index (χ0v) is 11.9. The Balaban J connectivity index is 1.88. The smallest absolute Gasteiger partial charge is 0.254 e. The molecule has 108 valence electrons. The molecule has 0 bridgehead atoms. The van der Waals surface area contributed by atoms with Gasteiger partial charge in [-0.3, -0.25) is 4.79 Å². The molecule has 2 unspecified atom stereocenters. The van der Waals surface area contributed by atoms with Crippen molar-refractivity contribution in [3.8, 4) is 0 Å². The highest BCUT2D eigenvalue weighted by atomic mass is 19.1. The molecule has 2 N–H and O–H groups in total. The van der Waals surface area contributed by atoms with Crippen LogP contribution < -0.4 is 5.73 Å². The fourth-order valence-electron chi connectivity index (χ4n) is 3.70. The van der Waals surface area contributed by atoms with E-state index in [2.05, 4.69) is 0 Å². The van der Waals surface area contributed by atoms with Gasteiger partial charge in [-0.25, -0.2) is 4.39 Å². The van der Waals surface area contributed by atoms with E-state index in [0.29, 0.717) is 28.8 Å². The van der Waals surface area contributed by atoms with Crippen molar-refractivity contribution in [2.75, 3.05) is 12.3 Å². The monoisotopic (exact) mass is 276 g/mol. The predicted molar refractivity (Wildman–Crippen MR) is 76.9 cm³/mol. The van der Waals surface area contributed by atoms with Crippen LogP contribution >= 0.6 is 0 Å². The molecular weight excluding hydrogens is 255 g/mol. The van der Waals surface area contributed by atoms with Gasteiger partial charge in [-0.2, -0.15) is 0 Å². The van der Waals surface area contributed by atoms with E-state index in [1.807, 2.05) is 4.90 Å². The van der Waals surface area contributed by atoms with Crippen LogP contribution in [0.4, 0.5) is 10.1 Å². The molecule has 0 aromatic heterocycles. The molecule has 4 heteroatoms. The number of anilines is 1. The number of amides is 1. The Kier molecular flexibility index (Phi) is 3.40. The Morgan fingerprint density at radius 1 is 1.30 bits per heavy atom. The zero-order chi connectivity index (χ0) is 14.3. The van der Waals surface area contributed by atoms with Gasteiger partial charge in [0, 0.05) is 29.4 Å². The SMILES string of the molecule is Cc1c(N)cc(C(=O)N2CCCC3CCCC32)cc1F. The van der Waals surface area contributed by atoms with Crippen molar-refractivity contribution < 1.29 is 9.18 Å². The molecule has 1 amide bonds. The topological polar surface area (TPSA) is 46.3 Å². The van der Waals surface area contributed by atoms with Gasteiger partial charge in [0.1, 0.15) is 5.82 Å². The average Bonchev–Trinajstić information content (AvgIpc) is 2.91. The van der Waals surface area contributed by atoms with Gasteiger partial charge >= 0.3 is 0 Å². The minimum absolute atomic E-state index is 0.0628. The third-order valence-electron chi connectivity index (χ3n) is 4.89. The largest absolute Gasteiger partial charge is 0.398 e. The van der Waals surface area contributed by atoms with Gasteiger partial charge in [-0.15, -0.1) is 0 Å². The fraction of sp³-hybridized carbons (Fsp3) is 0.562. The number of nitrogen functional groups attached to an aromatic ring is 1. The number of fused-ring (bicyclic) bond motifs is 1. The van der Waals surface area contributed by atoms with Gasteiger partial charge in [0.15, 0.2) is 0 Å². The minimum atomic E-state index is -0.395. The van der Waals surface area contributed by atoms with Crippen molar-refractivity contribution in [2.45, 2.75) is 45.1 Å². The number of rotatable bonds is 1. The van der Waals surface area contributed by atoms with Crippen LogP contribution in [-0.2, 0) is 0 Å². The molecule has 1 aliphatic heterocycles. The lowest BCUT2D eigenvalue weighted by Gasteiger charge is -2.38. The van der Waals surface area contributed by atoms with E-state index in [-0.39, 0.29) is 5.91 Å². The molecule has 2 aliphatic rings. The van der Waals surface area contributed by atoms with E-state index < -0.39 is 5.82 Å². The summed E-state index contributed by atoms with van der Waals surface area (Å²) in [6.07, 6.45) is 5.78. The number of hydrogen-bond donors (Lipinski definition) is 1. The fourth-order valence-corrected chi connectivity index (χ4v) is 3.70. The molecule has 20 heavy (non-hydrogen) atoms. The van der Waals surface area contributed by atoms with E-state index in [0.717, 1.165) is 19.4 Å². The minimum Gasteiger partial charge on any atom is -0.398 e. The Morgan fingerprint density at radius 2 is 2.05 bits per heavy atom. The van der Waals surface area contributed by atoms with Crippen molar-refractivity contribution in [3.63, 3.8) is 0 Å². The lowest BCUT2D eigenvalue weighted by molar-refractivity contribution is 0.0548. The second-order valence-electron chi connectivity index (χ2n) is 6.07. The first-order chi connectivity index (χ1) is 9.58. The van der Waals surface area contributed by atoms with Gasteiger partial charge in [0.05, 0.1) is 0 Å². The van der Waals surface area contributed by atoms with Crippen molar-refractivity contribution in [2.24, 2.45) is 5.92 Å². The molecule has 3 rings (SSSR count). The number of carbonyl (C=O) groups is 1. The number of likely N-dealkylation sites (tertiary alicyclic amines) is 1. The highest BCUT2D eigenvalue weighted by Gasteiger charge is 2.37. The van der Waals surface area contributed by atoms with Crippen LogP contribution in [0.25, 0.3) is 0 Å². The van der Waals surface area contributed by atoms with Crippen LogP contribution in [0.3, 0.4) is 0 Å². The van der Waals surface area contributed by atoms with Crippen LogP contribution in [-0.4, -0.2) is 23.4 Å². The summed E-state index contributed by atoms with van der Waals surface area (Å²) in [6, 6.07) is 3.29. The van der Waals surface area contributed by atoms with Crippen molar-refractivity contribution >= 4 is 11.6 Å². The average molecular weight is 276 g/mol. The molecule has 0 spiro atoms. The van der Waals surface area contributed by atoms with Crippen LogP contribution in [0.15, 0.2) is 12.1 Å². The zero-order valence-electron chi connectivity index (χ0n) is 11.9. The second-order valence-corrected chi connectivity index (χ2v) is 6.07. The number of benzene rings is 1. The standard InChI is InChI=1S/C16H21FN2O/c1-10-13(17)8-12(9-14(10)18)16(20)19-7-3-5-11-4-2-6-15(11)19/h8-9,11,15H,2-7,18H2,1H3. The molecule has 1 heterocycles. The number of carbonyl (C=O) groups excluding carboxylic acids is 1. The molecule has 1 aliphatic carbocycles. The second kappa shape index (κ2) is 5.08. The summed E-state index contributed by atoms with van der Waals surface area (Å²) in [7, 11) is 0. The van der Waals surface area contributed by atoms with Gasteiger partial charge in [0.25, 0.3) is 5.91 Å². The summed E-state index contributed by atoms with van der Waals surface area (Å²) in [5.41, 5.74) is 6.94.